The summed E-state index contributed by atoms with van der Waals surface area (Å²) in [7, 11) is 0. The van der Waals surface area contributed by atoms with Gasteiger partial charge in [-0.05, 0) is 11.1 Å². The molecule has 3 atom stereocenters. The normalized spacial score (nSPS) is 28.6. The van der Waals surface area contributed by atoms with Crippen molar-refractivity contribution < 1.29 is 14.7 Å². The molecule has 6 heteroatoms. The number of piperazine rings is 1. The zero-order chi connectivity index (χ0) is 14.1. The largest absolute Gasteiger partial charge is 0.390 e. The first-order chi connectivity index (χ1) is 9.65. The number of carbonyl (C=O) groups excluding carboxylic acids is 2. The molecule has 1 unspecified atom stereocenters. The van der Waals surface area contributed by atoms with Crippen molar-refractivity contribution in [1.29, 1.82) is 0 Å². The highest BCUT2D eigenvalue weighted by atomic mass is 16.3. The number of benzene rings is 1. The van der Waals surface area contributed by atoms with Gasteiger partial charge in [0.15, 0.2) is 0 Å². The van der Waals surface area contributed by atoms with Crippen LogP contribution in [0.3, 0.4) is 0 Å². The third kappa shape index (κ3) is 2.39. The van der Waals surface area contributed by atoms with Crippen LogP contribution in [0.2, 0.25) is 0 Å². The van der Waals surface area contributed by atoms with Gasteiger partial charge in [-0.1, -0.05) is 24.3 Å². The van der Waals surface area contributed by atoms with Crippen molar-refractivity contribution in [1.82, 2.24) is 16.0 Å². The molecule has 1 aliphatic carbocycles. The van der Waals surface area contributed by atoms with Gasteiger partial charge >= 0.3 is 0 Å². The van der Waals surface area contributed by atoms with Crippen molar-refractivity contribution >= 4 is 11.8 Å². The van der Waals surface area contributed by atoms with Crippen LogP contribution in [0.15, 0.2) is 24.3 Å². The Balaban J connectivity index is 1.68. The van der Waals surface area contributed by atoms with Gasteiger partial charge in [-0.15, -0.1) is 0 Å². The Morgan fingerprint density at radius 3 is 2.90 bits per heavy atom. The lowest BCUT2D eigenvalue weighted by Crippen LogP contribution is -2.58. The Hall–Kier alpha value is -1.92. The molecule has 2 amide bonds. The Kier molecular flexibility index (Phi) is 3.42. The van der Waals surface area contributed by atoms with Crippen molar-refractivity contribution in [3.63, 3.8) is 0 Å². The molecular formula is C14H17N3O3. The molecule has 0 aromatic heterocycles. The van der Waals surface area contributed by atoms with E-state index >= 15 is 0 Å². The highest BCUT2D eigenvalue weighted by Gasteiger charge is 2.34. The van der Waals surface area contributed by atoms with Crippen LogP contribution in [0.5, 0.6) is 0 Å². The van der Waals surface area contributed by atoms with E-state index in [0.29, 0.717) is 6.42 Å². The summed E-state index contributed by atoms with van der Waals surface area (Å²) < 4.78 is 0. The van der Waals surface area contributed by atoms with Gasteiger partial charge in [0.2, 0.25) is 11.8 Å². The first-order valence-electron chi connectivity index (χ1n) is 6.71. The predicted octanol–water partition coefficient (Wildman–Crippen LogP) is -1.15. The van der Waals surface area contributed by atoms with Gasteiger partial charge in [0.25, 0.3) is 0 Å². The molecule has 1 heterocycles. The summed E-state index contributed by atoms with van der Waals surface area (Å²) in [6.45, 7) is 0.414. The maximum Gasteiger partial charge on any atom is 0.239 e. The van der Waals surface area contributed by atoms with Crippen LogP contribution in [0.25, 0.3) is 0 Å². The van der Waals surface area contributed by atoms with Crippen LogP contribution in [0, 0.1) is 0 Å². The fourth-order valence-corrected chi connectivity index (χ4v) is 2.75. The molecule has 106 valence electrons. The van der Waals surface area contributed by atoms with Crippen LogP contribution < -0.4 is 16.0 Å². The number of aliphatic hydroxyl groups excluding tert-OH is 1. The summed E-state index contributed by atoms with van der Waals surface area (Å²) in [4.78, 5) is 23.2. The van der Waals surface area contributed by atoms with Crippen LogP contribution in [0.1, 0.15) is 17.2 Å². The topological polar surface area (TPSA) is 90.5 Å². The standard InChI is InChI=1S/C14H17N3O3/c18-11-5-8-3-1-2-4-9(8)13(11)17-14(20)10-6-16-12(19)7-15-10/h1-4,10-11,13,15,18H,5-7H2,(H,16,19)(H,17,20)/t10?,11-,13+/m1/s1. The quantitative estimate of drug-likeness (QED) is 0.548. The molecule has 1 saturated heterocycles. The van der Waals surface area contributed by atoms with Gasteiger partial charge in [0, 0.05) is 13.0 Å². The summed E-state index contributed by atoms with van der Waals surface area (Å²) in [5, 5.41) is 18.5. The maximum absolute atomic E-state index is 12.2. The van der Waals surface area contributed by atoms with E-state index in [1.54, 1.807) is 0 Å². The van der Waals surface area contributed by atoms with Crippen LogP contribution in [0.4, 0.5) is 0 Å². The Morgan fingerprint density at radius 2 is 2.15 bits per heavy atom. The highest BCUT2D eigenvalue weighted by Crippen LogP contribution is 2.31. The number of rotatable bonds is 2. The highest BCUT2D eigenvalue weighted by molar-refractivity contribution is 5.87. The molecule has 6 nitrogen and oxygen atoms in total. The van der Waals surface area contributed by atoms with E-state index in [2.05, 4.69) is 16.0 Å². The first-order valence-corrected chi connectivity index (χ1v) is 6.71. The molecule has 0 saturated carbocycles. The van der Waals surface area contributed by atoms with Crippen molar-refractivity contribution in [3.05, 3.63) is 35.4 Å². The molecule has 0 bridgehead atoms. The summed E-state index contributed by atoms with van der Waals surface area (Å²) in [6.07, 6.45) is -0.0507. The molecule has 2 aliphatic rings. The number of carbonyl (C=O) groups is 2. The van der Waals surface area contributed by atoms with Crippen molar-refractivity contribution in [2.45, 2.75) is 24.6 Å². The lowest BCUT2D eigenvalue weighted by atomic mass is 10.1. The lowest BCUT2D eigenvalue weighted by molar-refractivity contribution is -0.127. The second kappa shape index (κ2) is 5.22. The minimum absolute atomic E-state index is 0.111. The van der Waals surface area contributed by atoms with E-state index in [1.807, 2.05) is 24.3 Å². The molecule has 1 aliphatic heterocycles. The predicted molar refractivity (Wildman–Crippen MR) is 71.8 cm³/mol. The van der Waals surface area contributed by atoms with Gasteiger partial charge in [0.05, 0.1) is 18.7 Å². The average molecular weight is 275 g/mol. The maximum atomic E-state index is 12.2. The van der Waals surface area contributed by atoms with E-state index in [0.717, 1.165) is 11.1 Å². The van der Waals surface area contributed by atoms with E-state index in [9.17, 15) is 14.7 Å². The fourth-order valence-electron chi connectivity index (χ4n) is 2.75. The third-order valence-corrected chi connectivity index (χ3v) is 3.83. The van der Waals surface area contributed by atoms with Gasteiger partial charge in [-0.3, -0.25) is 14.9 Å². The molecule has 1 aromatic carbocycles. The average Bonchev–Trinajstić information content (AvgIpc) is 2.76. The van der Waals surface area contributed by atoms with Crippen LogP contribution >= 0.6 is 0 Å². The molecule has 4 N–H and O–H groups in total. The SMILES string of the molecule is O=C1CNC(C(=O)N[C@H]2c3ccccc3C[C@H]2O)CN1. The number of amides is 2. The summed E-state index contributed by atoms with van der Waals surface area (Å²) in [5.41, 5.74) is 2.03. The first kappa shape index (κ1) is 13.1. The fraction of sp³-hybridized carbons (Fsp3) is 0.429. The minimum atomic E-state index is -0.602. The Bertz CT molecular complexity index is 536. The lowest BCUT2D eigenvalue weighted by Gasteiger charge is -2.26. The number of fused-ring (bicyclic) bond motifs is 1. The molecule has 1 fully saturated rings. The minimum Gasteiger partial charge on any atom is -0.390 e. The van der Waals surface area contributed by atoms with E-state index in [-0.39, 0.29) is 30.9 Å². The van der Waals surface area contributed by atoms with E-state index < -0.39 is 12.1 Å². The molecule has 0 spiro atoms. The smallest absolute Gasteiger partial charge is 0.239 e. The zero-order valence-corrected chi connectivity index (χ0v) is 10.9. The van der Waals surface area contributed by atoms with Gasteiger partial charge < -0.3 is 15.7 Å². The summed E-state index contributed by atoms with van der Waals surface area (Å²) in [6, 6.07) is 6.88. The van der Waals surface area contributed by atoms with E-state index in [1.165, 1.54) is 0 Å². The van der Waals surface area contributed by atoms with Gasteiger partial charge in [-0.2, -0.15) is 0 Å². The molecule has 3 rings (SSSR count). The second-order valence-corrected chi connectivity index (χ2v) is 5.19. The van der Waals surface area contributed by atoms with Crippen molar-refractivity contribution in [3.8, 4) is 0 Å². The Labute approximate surface area is 116 Å². The second-order valence-electron chi connectivity index (χ2n) is 5.19. The van der Waals surface area contributed by atoms with Crippen LogP contribution in [-0.4, -0.2) is 42.2 Å². The monoisotopic (exact) mass is 275 g/mol. The van der Waals surface area contributed by atoms with Crippen LogP contribution in [-0.2, 0) is 16.0 Å². The van der Waals surface area contributed by atoms with Crippen molar-refractivity contribution in [2.75, 3.05) is 13.1 Å². The van der Waals surface area contributed by atoms with Gasteiger partial charge in [-0.25, -0.2) is 0 Å². The number of hydrogen-bond donors (Lipinski definition) is 4. The molecule has 0 radical (unpaired) electrons. The number of hydrogen-bond acceptors (Lipinski definition) is 4. The zero-order valence-electron chi connectivity index (χ0n) is 10.9. The number of aliphatic hydroxyl groups is 1. The Morgan fingerprint density at radius 1 is 1.35 bits per heavy atom. The molecule has 20 heavy (non-hydrogen) atoms. The molecular weight excluding hydrogens is 258 g/mol. The summed E-state index contributed by atoms with van der Waals surface area (Å²) >= 11 is 0. The third-order valence-electron chi connectivity index (χ3n) is 3.83. The van der Waals surface area contributed by atoms with Gasteiger partial charge in [0.1, 0.15) is 6.04 Å². The molecule has 1 aromatic rings. The van der Waals surface area contributed by atoms with Crippen molar-refractivity contribution in [2.24, 2.45) is 0 Å². The number of nitrogens with one attached hydrogen (secondary N) is 3. The summed E-state index contributed by atoms with van der Waals surface area (Å²) in [5.74, 6) is -0.314. The van der Waals surface area contributed by atoms with E-state index in [4.69, 9.17) is 0 Å².